The van der Waals surface area contributed by atoms with E-state index in [0.29, 0.717) is 47.5 Å². The molecule has 0 heterocycles. The topological polar surface area (TPSA) is 60.7 Å². The van der Waals surface area contributed by atoms with Crippen molar-refractivity contribution in [2.75, 3.05) is 0 Å². The summed E-state index contributed by atoms with van der Waals surface area (Å²) in [7, 11) is 0. The summed E-state index contributed by atoms with van der Waals surface area (Å²) in [6.45, 7) is 9.57. The molecule has 0 aromatic heterocycles. The number of aliphatic hydroxyl groups excluding tert-OH is 2. The Morgan fingerprint density at radius 2 is 1.59 bits per heavy atom. The van der Waals surface area contributed by atoms with Crippen molar-refractivity contribution < 1.29 is 24.1 Å². The highest BCUT2D eigenvalue weighted by atomic mass is 19.1. The number of phenols is 1. The molecular weight excluding hydrogens is 470 g/mol. The first-order valence-electron chi connectivity index (χ1n) is 15.0. The molecular formula is C32H48F2O3. The van der Waals surface area contributed by atoms with Crippen molar-refractivity contribution in [2.45, 2.75) is 111 Å². The average Bonchev–Trinajstić information content (AvgIpc) is 3.21. The molecule has 4 saturated carbocycles. The minimum absolute atomic E-state index is 0.212. The quantitative estimate of drug-likeness (QED) is 0.372. The molecule has 0 spiro atoms. The Labute approximate surface area is 222 Å². The number of rotatable bonds is 6. The van der Waals surface area contributed by atoms with Gasteiger partial charge in [0.25, 0.3) is 0 Å². The molecule has 4 aliphatic rings. The van der Waals surface area contributed by atoms with Gasteiger partial charge in [0, 0.05) is 0 Å². The number of halogens is 2. The number of phenolic OH excluding ortho intramolecular Hbond substituents is 1. The van der Waals surface area contributed by atoms with Crippen molar-refractivity contribution in [3.8, 4) is 5.75 Å². The molecule has 1 aromatic rings. The third-order valence-electron chi connectivity index (χ3n) is 12.4. The van der Waals surface area contributed by atoms with Crippen LogP contribution in [-0.2, 0) is 6.42 Å². The number of aryl methyl sites for hydroxylation is 1. The largest absolute Gasteiger partial charge is 0.503 e. The van der Waals surface area contributed by atoms with Crippen LogP contribution in [-0.4, -0.2) is 27.5 Å². The summed E-state index contributed by atoms with van der Waals surface area (Å²) in [5.74, 6) is 0.641. The van der Waals surface area contributed by atoms with Gasteiger partial charge in [0.15, 0.2) is 17.4 Å². The van der Waals surface area contributed by atoms with Crippen molar-refractivity contribution in [1.29, 1.82) is 0 Å². The molecule has 3 nitrogen and oxygen atoms in total. The number of fused-ring (bicyclic) bond motifs is 5. The SMILES string of the molecule is CC[C@H]1[C@@H](O)C2[C@@H]3CC[C@H]([C@H](C)CCCc4cc(F)c(O)c(F)c4)C3(C)CC[C@@H]2[C@@]2(C)CC[C@@H](O)C[C@@H]12. The van der Waals surface area contributed by atoms with Gasteiger partial charge < -0.3 is 15.3 Å². The highest BCUT2D eigenvalue weighted by Crippen LogP contribution is 2.69. The maximum absolute atomic E-state index is 13.8. The van der Waals surface area contributed by atoms with Gasteiger partial charge in [-0.15, -0.1) is 0 Å². The van der Waals surface area contributed by atoms with Gasteiger partial charge in [-0.3, -0.25) is 0 Å². The maximum atomic E-state index is 13.8. The van der Waals surface area contributed by atoms with Crippen LogP contribution in [0.3, 0.4) is 0 Å². The van der Waals surface area contributed by atoms with Crippen LogP contribution in [0, 0.1) is 63.9 Å². The molecule has 4 fully saturated rings. The van der Waals surface area contributed by atoms with E-state index < -0.39 is 17.4 Å². The lowest BCUT2D eigenvalue weighted by Crippen LogP contribution is -2.62. The van der Waals surface area contributed by atoms with E-state index in [2.05, 4.69) is 27.7 Å². The zero-order valence-electron chi connectivity index (χ0n) is 23.2. The van der Waals surface area contributed by atoms with Gasteiger partial charge in [-0.1, -0.05) is 40.5 Å². The summed E-state index contributed by atoms with van der Waals surface area (Å²) in [4.78, 5) is 0. The molecule has 5 rings (SSSR count). The fourth-order valence-electron chi connectivity index (χ4n) is 10.5. The fourth-order valence-corrected chi connectivity index (χ4v) is 10.5. The molecule has 5 heteroatoms. The molecule has 2 unspecified atom stereocenters. The predicted octanol–water partition coefficient (Wildman–Crippen LogP) is 7.26. The van der Waals surface area contributed by atoms with Crippen LogP contribution < -0.4 is 0 Å². The highest BCUT2D eigenvalue weighted by Gasteiger charge is 2.64. The summed E-state index contributed by atoms with van der Waals surface area (Å²) in [5, 5.41) is 31.7. The molecule has 0 amide bonds. The second kappa shape index (κ2) is 10.1. The molecule has 208 valence electrons. The molecule has 3 N–H and O–H groups in total. The van der Waals surface area contributed by atoms with Crippen molar-refractivity contribution in [3.63, 3.8) is 0 Å². The Morgan fingerprint density at radius 1 is 0.946 bits per heavy atom. The summed E-state index contributed by atoms with van der Waals surface area (Å²) < 4.78 is 27.5. The van der Waals surface area contributed by atoms with Gasteiger partial charge >= 0.3 is 0 Å². The van der Waals surface area contributed by atoms with Crippen molar-refractivity contribution in [2.24, 2.45) is 52.3 Å². The van der Waals surface area contributed by atoms with Crippen molar-refractivity contribution in [1.82, 2.24) is 0 Å². The first kappa shape index (κ1) is 27.4. The second-order valence-electron chi connectivity index (χ2n) is 13.9. The molecule has 11 atom stereocenters. The Hall–Kier alpha value is -1.20. The van der Waals surface area contributed by atoms with E-state index in [1.807, 2.05) is 0 Å². The van der Waals surface area contributed by atoms with E-state index in [1.165, 1.54) is 37.8 Å². The van der Waals surface area contributed by atoms with Crippen LogP contribution in [0.1, 0.15) is 97.5 Å². The van der Waals surface area contributed by atoms with Gasteiger partial charge in [-0.25, -0.2) is 8.78 Å². The van der Waals surface area contributed by atoms with Crippen LogP contribution in [0.5, 0.6) is 5.75 Å². The van der Waals surface area contributed by atoms with E-state index in [-0.39, 0.29) is 29.0 Å². The predicted molar refractivity (Wildman–Crippen MR) is 142 cm³/mol. The third-order valence-corrected chi connectivity index (χ3v) is 12.4. The monoisotopic (exact) mass is 518 g/mol. The molecule has 0 aliphatic heterocycles. The van der Waals surface area contributed by atoms with Gasteiger partial charge in [-0.2, -0.15) is 0 Å². The Bertz CT molecular complexity index is 960. The lowest BCUT2D eigenvalue weighted by molar-refractivity contribution is -0.203. The number of hydrogen-bond donors (Lipinski definition) is 3. The number of aliphatic hydroxyl groups is 2. The fraction of sp³-hybridized carbons (Fsp3) is 0.812. The lowest BCUT2D eigenvalue weighted by atomic mass is 9.41. The van der Waals surface area contributed by atoms with Crippen LogP contribution >= 0.6 is 0 Å². The lowest BCUT2D eigenvalue weighted by Gasteiger charge is -2.64. The van der Waals surface area contributed by atoms with E-state index in [4.69, 9.17) is 0 Å². The van der Waals surface area contributed by atoms with E-state index in [0.717, 1.165) is 38.5 Å². The second-order valence-corrected chi connectivity index (χ2v) is 13.9. The van der Waals surface area contributed by atoms with Gasteiger partial charge in [0.2, 0.25) is 0 Å². The average molecular weight is 519 g/mol. The van der Waals surface area contributed by atoms with E-state index >= 15 is 0 Å². The van der Waals surface area contributed by atoms with Gasteiger partial charge in [0.1, 0.15) is 0 Å². The highest BCUT2D eigenvalue weighted by molar-refractivity contribution is 5.30. The summed E-state index contributed by atoms with van der Waals surface area (Å²) >= 11 is 0. The Kier molecular flexibility index (Phi) is 7.46. The molecule has 0 saturated heterocycles. The minimum Gasteiger partial charge on any atom is -0.503 e. The molecule has 1 aromatic carbocycles. The normalized spacial score (nSPS) is 44.1. The molecule has 4 aliphatic carbocycles. The summed E-state index contributed by atoms with van der Waals surface area (Å²) in [5.41, 5.74) is 1.06. The zero-order chi connectivity index (χ0) is 26.7. The molecule has 37 heavy (non-hydrogen) atoms. The van der Waals surface area contributed by atoms with Crippen molar-refractivity contribution >= 4 is 0 Å². The van der Waals surface area contributed by atoms with Crippen LogP contribution in [0.4, 0.5) is 8.78 Å². The Morgan fingerprint density at radius 3 is 2.27 bits per heavy atom. The first-order valence-corrected chi connectivity index (χ1v) is 15.0. The zero-order valence-corrected chi connectivity index (χ0v) is 23.2. The third kappa shape index (κ3) is 4.44. The summed E-state index contributed by atoms with van der Waals surface area (Å²) in [6, 6.07) is 2.51. The maximum Gasteiger partial charge on any atom is 0.187 e. The first-order chi connectivity index (χ1) is 17.5. The standard InChI is InChI=1S/C32H48F2O3/c1-5-21-25-17-20(35)11-13-32(25,4)24-12-14-31(3)22(9-10-23(31)28(24)29(21)36)18(2)7-6-8-19-15-26(33)30(37)27(34)16-19/h15-16,18,20-25,28-29,35-37H,5-14,17H2,1-4H3/t18-,20-,21-,22-,23+,24+,25+,28?,29-,31?,32-/m1/s1. The smallest absolute Gasteiger partial charge is 0.187 e. The van der Waals surface area contributed by atoms with Crippen LogP contribution in [0.25, 0.3) is 0 Å². The van der Waals surface area contributed by atoms with Crippen LogP contribution in [0.2, 0.25) is 0 Å². The van der Waals surface area contributed by atoms with Crippen molar-refractivity contribution in [3.05, 3.63) is 29.3 Å². The van der Waals surface area contributed by atoms with Crippen LogP contribution in [0.15, 0.2) is 12.1 Å². The number of aromatic hydroxyl groups is 1. The minimum atomic E-state index is -0.891. The molecule has 0 radical (unpaired) electrons. The Balaban J connectivity index is 1.29. The van der Waals surface area contributed by atoms with Gasteiger partial charge in [0.05, 0.1) is 12.2 Å². The number of benzene rings is 1. The van der Waals surface area contributed by atoms with E-state index in [1.54, 1.807) is 0 Å². The van der Waals surface area contributed by atoms with Gasteiger partial charge in [-0.05, 0) is 128 Å². The molecule has 0 bridgehead atoms. The summed E-state index contributed by atoms with van der Waals surface area (Å²) in [6.07, 6.45) is 10.6. The van der Waals surface area contributed by atoms with E-state index in [9.17, 15) is 24.1 Å². The number of hydrogen-bond acceptors (Lipinski definition) is 3.